The van der Waals surface area contributed by atoms with Crippen molar-refractivity contribution in [1.82, 2.24) is 15.6 Å². The fraction of sp³-hybridized carbons (Fsp3) is 0.750. The average molecular weight is 308 g/mol. The maximum atomic E-state index is 4.48. The molecule has 0 aromatic carbocycles. The van der Waals surface area contributed by atoms with Crippen LogP contribution >= 0.6 is 11.3 Å². The van der Waals surface area contributed by atoms with Crippen molar-refractivity contribution < 1.29 is 0 Å². The van der Waals surface area contributed by atoms with Crippen molar-refractivity contribution in [2.75, 3.05) is 20.1 Å². The van der Waals surface area contributed by atoms with E-state index in [0.717, 1.165) is 30.5 Å². The van der Waals surface area contributed by atoms with Crippen LogP contribution < -0.4 is 10.6 Å². The summed E-state index contributed by atoms with van der Waals surface area (Å²) in [7, 11) is 1.84. The normalized spacial score (nSPS) is 18.0. The van der Waals surface area contributed by atoms with Crippen molar-refractivity contribution >= 4 is 17.3 Å². The Morgan fingerprint density at radius 1 is 1.38 bits per heavy atom. The molecule has 1 aliphatic rings. The quantitative estimate of drug-likeness (QED) is 0.627. The first-order chi connectivity index (χ1) is 10.2. The van der Waals surface area contributed by atoms with E-state index in [-0.39, 0.29) is 0 Å². The summed E-state index contributed by atoms with van der Waals surface area (Å²) >= 11 is 1.71. The molecular weight excluding hydrogens is 280 g/mol. The number of guanidine groups is 1. The fourth-order valence-corrected chi connectivity index (χ4v) is 3.75. The average Bonchev–Trinajstić information content (AvgIpc) is 3.12. The SMILES string of the molecule is CCC1(CNC(=NC)NCCc2csc(C)n2)CCCC1. The second-order valence-electron chi connectivity index (χ2n) is 6.02. The van der Waals surface area contributed by atoms with Gasteiger partial charge >= 0.3 is 0 Å². The topological polar surface area (TPSA) is 49.3 Å². The number of rotatable bonds is 6. The van der Waals surface area contributed by atoms with Crippen molar-refractivity contribution in [3.8, 4) is 0 Å². The van der Waals surface area contributed by atoms with E-state index in [1.807, 2.05) is 14.0 Å². The number of aliphatic imine (C=N–C) groups is 1. The molecule has 0 unspecified atom stereocenters. The molecule has 1 aromatic heterocycles. The highest BCUT2D eigenvalue weighted by Gasteiger charge is 2.31. The third kappa shape index (κ3) is 4.70. The van der Waals surface area contributed by atoms with Crippen LogP contribution in [0.15, 0.2) is 10.4 Å². The van der Waals surface area contributed by atoms with Crippen molar-refractivity contribution in [2.24, 2.45) is 10.4 Å². The van der Waals surface area contributed by atoms with Crippen molar-refractivity contribution in [3.63, 3.8) is 0 Å². The van der Waals surface area contributed by atoms with Crippen molar-refractivity contribution in [3.05, 3.63) is 16.1 Å². The van der Waals surface area contributed by atoms with Gasteiger partial charge in [-0.15, -0.1) is 11.3 Å². The van der Waals surface area contributed by atoms with E-state index in [1.165, 1.54) is 37.8 Å². The molecule has 0 atom stereocenters. The summed E-state index contributed by atoms with van der Waals surface area (Å²) in [6.07, 6.45) is 7.67. The smallest absolute Gasteiger partial charge is 0.191 e. The van der Waals surface area contributed by atoms with Crippen LogP contribution in [0.4, 0.5) is 0 Å². The van der Waals surface area contributed by atoms with Crippen LogP contribution in [-0.4, -0.2) is 31.1 Å². The lowest BCUT2D eigenvalue weighted by Crippen LogP contribution is -2.43. The Kier molecular flexibility index (Phi) is 6.03. The molecule has 1 aromatic rings. The lowest BCUT2D eigenvalue weighted by atomic mass is 9.83. The summed E-state index contributed by atoms with van der Waals surface area (Å²) in [6.45, 7) is 6.28. The molecule has 0 bridgehead atoms. The molecule has 0 saturated heterocycles. The summed E-state index contributed by atoms with van der Waals surface area (Å²) in [5.41, 5.74) is 1.66. The van der Waals surface area contributed by atoms with Crippen molar-refractivity contribution in [2.45, 2.75) is 52.4 Å². The first kappa shape index (κ1) is 16.3. The van der Waals surface area contributed by atoms with Gasteiger partial charge in [0.05, 0.1) is 10.7 Å². The van der Waals surface area contributed by atoms with Gasteiger partial charge in [0.15, 0.2) is 5.96 Å². The summed E-state index contributed by atoms with van der Waals surface area (Å²) in [6, 6.07) is 0. The molecular formula is C16H28N4S. The highest BCUT2D eigenvalue weighted by Crippen LogP contribution is 2.40. The van der Waals surface area contributed by atoms with Gasteiger partial charge in [0.1, 0.15) is 0 Å². The number of hydrogen-bond acceptors (Lipinski definition) is 3. The Labute approximate surface area is 132 Å². The van der Waals surface area contributed by atoms with E-state index in [4.69, 9.17) is 0 Å². The third-order valence-corrected chi connectivity index (χ3v) is 5.43. The van der Waals surface area contributed by atoms with E-state index in [0.29, 0.717) is 5.41 Å². The van der Waals surface area contributed by atoms with E-state index < -0.39 is 0 Å². The molecule has 0 amide bonds. The Hall–Kier alpha value is -1.10. The zero-order valence-electron chi connectivity index (χ0n) is 13.5. The first-order valence-corrected chi connectivity index (χ1v) is 8.91. The largest absolute Gasteiger partial charge is 0.356 e. The number of nitrogens with zero attached hydrogens (tertiary/aromatic N) is 2. The number of aromatic nitrogens is 1. The lowest BCUT2D eigenvalue weighted by molar-refractivity contribution is 0.283. The monoisotopic (exact) mass is 308 g/mol. The molecule has 1 aliphatic carbocycles. The standard InChI is InChI=1S/C16H28N4S/c1-4-16(8-5-6-9-16)12-19-15(17-3)18-10-7-14-11-21-13(2)20-14/h11H,4-10,12H2,1-3H3,(H2,17,18,19). The number of nitrogens with one attached hydrogen (secondary N) is 2. The van der Waals surface area contributed by atoms with Crippen LogP contribution in [0.25, 0.3) is 0 Å². The Morgan fingerprint density at radius 3 is 2.71 bits per heavy atom. The molecule has 2 rings (SSSR count). The van der Waals surface area contributed by atoms with Gasteiger partial charge in [0, 0.05) is 31.9 Å². The van der Waals surface area contributed by atoms with Crippen LogP contribution in [0.1, 0.15) is 49.7 Å². The molecule has 4 nitrogen and oxygen atoms in total. The van der Waals surface area contributed by atoms with Crippen LogP contribution in [0.2, 0.25) is 0 Å². The van der Waals surface area contributed by atoms with E-state index >= 15 is 0 Å². The molecule has 0 spiro atoms. The molecule has 0 aliphatic heterocycles. The van der Waals surface area contributed by atoms with Gasteiger partial charge in [-0.2, -0.15) is 0 Å². The van der Waals surface area contributed by atoms with E-state index in [2.05, 4.69) is 32.9 Å². The van der Waals surface area contributed by atoms with Gasteiger partial charge in [-0.1, -0.05) is 19.8 Å². The molecule has 1 saturated carbocycles. The van der Waals surface area contributed by atoms with Gasteiger partial charge in [-0.05, 0) is 31.6 Å². The zero-order valence-corrected chi connectivity index (χ0v) is 14.4. The predicted octanol–water partition coefficient (Wildman–Crippen LogP) is 3.13. The second kappa shape index (κ2) is 7.78. The fourth-order valence-electron chi connectivity index (χ4n) is 3.10. The van der Waals surface area contributed by atoms with Crippen LogP contribution in [-0.2, 0) is 6.42 Å². The Morgan fingerprint density at radius 2 is 2.14 bits per heavy atom. The minimum atomic E-state index is 0.490. The molecule has 1 heterocycles. The molecule has 21 heavy (non-hydrogen) atoms. The molecule has 118 valence electrons. The van der Waals surface area contributed by atoms with Crippen molar-refractivity contribution in [1.29, 1.82) is 0 Å². The maximum Gasteiger partial charge on any atom is 0.191 e. The minimum Gasteiger partial charge on any atom is -0.356 e. The molecule has 5 heteroatoms. The number of hydrogen-bond donors (Lipinski definition) is 2. The van der Waals surface area contributed by atoms with Crippen LogP contribution in [0.5, 0.6) is 0 Å². The summed E-state index contributed by atoms with van der Waals surface area (Å²) < 4.78 is 0. The second-order valence-corrected chi connectivity index (χ2v) is 7.08. The van der Waals surface area contributed by atoms with Gasteiger partial charge in [0.2, 0.25) is 0 Å². The highest BCUT2D eigenvalue weighted by molar-refractivity contribution is 7.09. The summed E-state index contributed by atoms with van der Waals surface area (Å²) in [5, 5.41) is 10.2. The zero-order chi connectivity index (χ0) is 15.1. The van der Waals surface area contributed by atoms with Crippen LogP contribution in [0.3, 0.4) is 0 Å². The van der Waals surface area contributed by atoms with Gasteiger partial charge < -0.3 is 10.6 Å². The lowest BCUT2D eigenvalue weighted by Gasteiger charge is -2.28. The van der Waals surface area contributed by atoms with E-state index in [1.54, 1.807) is 11.3 Å². The van der Waals surface area contributed by atoms with Crippen LogP contribution in [0, 0.1) is 12.3 Å². The Balaban J connectivity index is 1.73. The summed E-state index contributed by atoms with van der Waals surface area (Å²) in [4.78, 5) is 8.81. The van der Waals surface area contributed by atoms with Gasteiger partial charge in [0.25, 0.3) is 0 Å². The number of thiazole rings is 1. The number of aryl methyl sites for hydroxylation is 1. The maximum absolute atomic E-state index is 4.48. The molecule has 2 N–H and O–H groups in total. The van der Waals surface area contributed by atoms with Gasteiger partial charge in [-0.25, -0.2) is 4.98 Å². The third-order valence-electron chi connectivity index (χ3n) is 4.61. The Bertz CT molecular complexity index is 461. The molecule has 1 fully saturated rings. The van der Waals surface area contributed by atoms with E-state index in [9.17, 15) is 0 Å². The minimum absolute atomic E-state index is 0.490. The van der Waals surface area contributed by atoms with Gasteiger partial charge in [-0.3, -0.25) is 4.99 Å². The highest BCUT2D eigenvalue weighted by atomic mass is 32.1. The molecule has 0 radical (unpaired) electrons. The summed E-state index contributed by atoms with van der Waals surface area (Å²) in [5.74, 6) is 0.918. The predicted molar refractivity (Wildman–Crippen MR) is 91.1 cm³/mol. The first-order valence-electron chi connectivity index (χ1n) is 8.03.